The minimum absolute atomic E-state index is 0.00312. The maximum atomic E-state index is 13.1. The van der Waals surface area contributed by atoms with Gasteiger partial charge in [0.25, 0.3) is 0 Å². The molecule has 3 rings (SSSR count). The van der Waals surface area contributed by atoms with Crippen LogP contribution in [0.2, 0.25) is 0 Å². The van der Waals surface area contributed by atoms with E-state index in [0.29, 0.717) is 18.1 Å². The van der Waals surface area contributed by atoms with Crippen LogP contribution >= 0.6 is 0 Å². The van der Waals surface area contributed by atoms with Gasteiger partial charge in [-0.3, -0.25) is 0 Å². The molecular formula is C20H25NO3S. The number of sulfonamides is 1. The lowest BCUT2D eigenvalue weighted by Crippen LogP contribution is -2.42. The molecule has 134 valence electrons. The predicted molar refractivity (Wildman–Crippen MR) is 98.8 cm³/mol. The molecule has 0 bridgehead atoms. The molecule has 0 amide bonds. The van der Waals surface area contributed by atoms with E-state index in [9.17, 15) is 8.42 Å². The van der Waals surface area contributed by atoms with Crippen LogP contribution in [0.3, 0.4) is 0 Å². The van der Waals surface area contributed by atoms with Gasteiger partial charge in [0.15, 0.2) is 0 Å². The van der Waals surface area contributed by atoms with Crippen LogP contribution in [0.5, 0.6) is 0 Å². The van der Waals surface area contributed by atoms with Gasteiger partial charge in [-0.05, 0) is 44.4 Å². The molecule has 0 N–H and O–H groups in total. The fourth-order valence-corrected chi connectivity index (χ4v) is 5.22. The van der Waals surface area contributed by atoms with Crippen molar-refractivity contribution in [2.45, 2.75) is 50.3 Å². The Morgan fingerprint density at radius 1 is 1.04 bits per heavy atom. The summed E-state index contributed by atoms with van der Waals surface area (Å²) < 4.78 is 33.6. The third-order valence-electron chi connectivity index (χ3n) is 4.73. The van der Waals surface area contributed by atoms with E-state index in [1.807, 2.05) is 56.3 Å². The van der Waals surface area contributed by atoms with Crippen molar-refractivity contribution in [3.63, 3.8) is 0 Å². The van der Waals surface area contributed by atoms with Crippen molar-refractivity contribution in [3.05, 3.63) is 65.7 Å². The first-order valence-electron chi connectivity index (χ1n) is 8.70. The summed E-state index contributed by atoms with van der Waals surface area (Å²) in [7, 11) is -3.50. The standard InChI is InChI=1S/C20H25NO3S/c1-16-8-12-20(13-9-16)25(22,23)21-17(2)10-11-19(21)15-24-14-18-6-4-3-5-7-18/h3-9,12-13,17,19H,10-11,14-15H2,1-2H3/t17-,19+/m1/s1. The zero-order valence-electron chi connectivity index (χ0n) is 14.8. The summed E-state index contributed by atoms with van der Waals surface area (Å²) in [6.07, 6.45) is 1.70. The lowest BCUT2D eigenvalue weighted by Gasteiger charge is -2.27. The molecule has 0 aromatic heterocycles. The van der Waals surface area contributed by atoms with Crippen molar-refractivity contribution >= 4 is 10.0 Å². The Morgan fingerprint density at radius 2 is 1.72 bits per heavy atom. The molecule has 1 aliphatic heterocycles. The molecule has 4 nitrogen and oxygen atoms in total. The van der Waals surface area contributed by atoms with Gasteiger partial charge in [-0.1, -0.05) is 48.0 Å². The van der Waals surface area contributed by atoms with Crippen molar-refractivity contribution in [2.75, 3.05) is 6.61 Å². The van der Waals surface area contributed by atoms with Crippen molar-refractivity contribution in [2.24, 2.45) is 0 Å². The molecule has 0 aliphatic carbocycles. The molecule has 1 saturated heterocycles. The van der Waals surface area contributed by atoms with Crippen LogP contribution in [0.1, 0.15) is 30.9 Å². The van der Waals surface area contributed by atoms with Crippen molar-refractivity contribution in [1.82, 2.24) is 4.31 Å². The average Bonchev–Trinajstić information content (AvgIpc) is 2.98. The third kappa shape index (κ3) is 4.11. The number of aryl methyl sites for hydroxylation is 1. The normalized spacial score (nSPS) is 21.5. The zero-order chi connectivity index (χ0) is 17.9. The van der Waals surface area contributed by atoms with Crippen LogP contribution in [-0.4, -0.2) is 31.4 Å². The van der Waals surface area contributed by atoms with Crippen molar-refractivity contribution in [1.29, 1.82) is 0 Å². The highest BCUT2D eigenvalue weighted by atomic mass is 32.2. The molecule has 1 fully saturated rings. The molecule has 1 heterocycles. The molecule has 0 radical (unpaired) electrons. The molecule has 0 saturated carbocycles. The average molecular weight is 359 g/mol. The van der Waals surface area contributed by atoms with Gasteiger partial charge < -0.3 is 4.74 Å². The van der Waals surface area contributed by atoms with Crippen molar-refractivity contribution in [3.8, 4) is 0 Å². The highest BCUT2D eigenvalue weighted by Crippen LogP contribution is 2.31. The second-order valence-corrected chi connectivity index (χ2v) is 8.57. The van der Waals surface area contributed by atoms with Crippen LogP contribution in [0.15, 0.2) is 59.5 Å². The number of hydrogen-bond donors (Lipinski definition) is 0. The van der Waals surface area contributed by atoms with E-state index in [1.54, 1.807) is 16.4 Å². The molecule has 2 aromatic carbocycles. The number of ether oxygens (including phenoxy) is 1. The Morgan fingerprint density at radius 3 is 2.40 bits per heavy atom. The minimum Gasteiger partial charge on any atom is -0.375 e. The number of rotatable bonds is 6. The second-order valence-electron chi connectivity index (χ2n) is 6.73. The van der Waals surface area contributed by atoms with E-state index in [0.717, 1.165) is 24.0 Å². The largest absolute Gasteiger partial charge is 0.375 e. The summed E-state index contributed by atoms with van der Waals surface area (Å²) in [5, 5.41) is 0. The van der Waals surface area contributed by atoms with Crippen LogP contribution in [0.25, 0.3) is 0 Å². The maximum Gasteiger partial charge on any atom is 0.243 e. The van der Waals surface area contributed by atoms with Gasteiger partial charge in [0.2, 0.25) is 10.0 Å². The number of hydrogen-bond acceptors (Lipinski definition) is 3. The first-order valence-corrected chi connectivity index (χ1v) is 10.1. The topological polar surface area (TPSA) is 46.6 Å². The zero-order valence-corrected chi connectivity index (χ0v) is 15.6. The summed E-state index contributed by atoms with van der Waals surface area (Å²) in [5.41, 5.74) is 2.15. The Labute approximate surface area is 150 Å². The lowest BCUT2D eigenvalue weighted by atomic mass is 10.2. The van der Waals surface area contributed by atoms with Gasteiger partial charge >= 0.3 is 0 Å². The molecule has 1 aliphatic rings. The fourth-order valence-electron chi connectivity index (χ4n) is 3.36. The number of nitrogens with zero attached hydrogens (tertiary/aromatic N) is 1. The Kier molecular flexibility index (Phi) is 5.57. The Hall–Kier alpha value is -1.69. The van der Waals surface area contributed by atoms with E-state index in [4.69, 9.17) is 4.74 Å². The predicted octanol–water partition coefficient (Wildman–Crippen LogP) is 3.75. The van der Waals surface area contributed by atoms with E-state index in [-0.39, 0.29) is 12.1 Å². The SMILES string of the molecule is Cc1ccc(S(=O)(=O)N2[C@H](COCc3ccccc3)CC[C@H]2C)cc1. The van der Waals surface area contributed by atoms with Gasteiger partial charge in [0.05, 0.1) is 18.1 Å². The summed E-state index contributed by atoms with van der Waals surface area (Å²) in [5.74, 6) is 0. The molecule has 0 unspecified atom stereocenters. The lowest BCUT2D eigenvalue weighted by molar-refractivity contribution is 0.0835. The molecule has 5 heteroatoms. The highest BCUT2D eigenvalue weighted by Gasteiger charge is 2.40. The van der Waals surface area contributed by atoms with E-state index in [1.165, 1.54) is 0 Å². The number of benzene rings is 2. The Balaban J connectivity index is 1.70. The van der Waals surface area contributed by atoms with Crippen LogP contribution in [0.4, 0.5) is 0 Å². The van der Waals surface area contributed by atoms with E-state index >= 15 is 0 Å². The van der Waals surface area contributed by atoms with E-state index in [2.05, 4.69) is 0 Å². The summed E-state index contributed by atoms with van der Waals surface area (Å²) >= 11 is 0. The van der Waals surface area contributed by atoms with Gasteiger partial charge in [-0.25, -0.2) is 8.42 Å². The van der Waals surface area contributed by atoms with Gasteiger partial charge in [0.1, 0.15) is 0 Å². The van der Waals surface area contributed by atoms with Gasteiger partial charge in [0, 0.05) is 12.1 Å². The van der Waals surface area contributed by atoms with E-state index < -0.39 is 10.0 Å². The van der Waals surface area contributed by atoms with Crippen molar-refractivity contribution < 1.29 is 13.2 Å². The quantitative estimate of drug-likeness (QED) is 0.789. The highest BCUT2D eigenvalue weighted by molar-refractivity contribution is 7.89. The van der Waals surface area contributed by atoms with Gasteiger partial charge in [-0.2, -0.15) is 4.31 Å². The molecule has 2 atom stereocenters. The van der Waals surface area contributed by atoms with Crippen LogP contribution in [0, 0.1) is 6.92 Å². The summed E-state index contributed by atoms with van der Waals surface area (Å²) in [4.78, 5) is 0.361. The maximum absolute atomic E-state index is 13.1. The second kappa shape index (κ2) is 7.68. The summed E-state index contributed by atoms with van der Waals surface area (Å²) in [6.45, 7) is 4.85. The molecule has 0 spiro atoms. The molecule has 2 aromatic rings. The van der Waals surface area contributed by atoms with Crippen LogP contribution < -0.4 is 0 Å². The van der Waals surface area contributed by atoms with Gasteiger partial charge in [-0.15, -0.1) is 0 Å². The first-order chi connectivity index (χ1) is 12.0. The monoisotopic (exact) mass is 359 g/mol. The molecule has 25 heavy (non-hydrogen) atoms. The third-order valence-corrected chi connectivity index (χ3v) is 6.81. The summed E-state index contributed by atoms with van der Waals surface area (Å²) in [6, 6.07) is 16.9. The molecular weight excluding hydrogens is 334 g/mol. The first kappa shape index (κ1) is 18.1. The minimum atomic E-state index is -3.50. The smallest absolute Gasteiger partial charge is 0.243 e. The van der Waals surface area contributed by atoms with Crippen LogP contribution in [-0.2, 0) is 21.4 Å². The Bertz CT molecular complexity index is 787. The fraction of sp³-hybridized carbons (Fsp3) is 0.400.